The second kappa shape index (κ2) is 7.12. The minimum absolute atomic E-state index is 0.254. The fourth-order valence-corrected chi connectivity index (χ4v) is 1.72. The van der Waals surface area contributed by atoms with Gasteiger partial charge in [0.15, 0.2) is 0 Å². The molecule has 0 N–H and O–H groups in total. The van der Waals surface area contributed by atoms with Crippen LogP contribution in [0.15, 0.2) is 29.1 Å². The van der Waals surface area contributed by atoms with Crippen LogP contribution in [0.25, 0.3) is 0 Å². The molecule has 1 heterocycles. The van der Waals surface area contributed by atoms with E-state index in [-0.39, 0.29) is 6.09 Å². The van der Waals surface area contributed by atoms with Crippen molar-refractivity contribution < 1.29 is 14.3 Å². The molecule has 0 radical (unpaired) electrons. The molecule has 1 amide bonds. The normalized spacial score (nSPS) is 17.0. The summed E-state index contributed by atoms with van der Waals surface area (Å²) in [5, 5.41) is 0. The Morgan fingerprint density at radius 2 is 2.10 bits per heavy atom. The van der Waals surface area contributed by atoms with E-state index in [0.717, 1.165) is 5.76 Å². The lowest BCUT2D eigenvalue weighted by molar-refractivity contribution is -0.0124. The van der Waals surface area contributed by atoms with Crippen LogP contribution >= 0.6 is 0 Å². The van der Waals surface area contributed by atoms with Gasteiger partial charge in [-0.2, -0.15) is 0 Å². The Balaban J connectivity index is 2.27. The fraction of sp³-hybridized carbons (Fsp3) is 0.600. The molecule has 1 aliphatic heterocycles. The van der Waals surface area contributed by atoms with Gasteiger partial charge in [0.1, 0.15) is 11.4 Å². The van der Waals surface area contributed by atoms with E-state index in [1.165, 1.54) is 0 Å². The summed E-state index contributed by atoms with van der Waals surface area (Å²) < 4.78 is 10.9. The molecular formula is C15H24N2O3. The lowest BCUT2D eigenvalue weighted by atomic mass is 10.0. The van der Waals surface area contributed by atoms with E-state index < -0.39 is 5.60 Å². The molecule has 0 spiro atoms. The maximum absolute atomic E-state index is 11.7. The Labute approximate surface area is 121 Å². The van der Waals surface area contributed by atoms with Gasteiger partial charge in [-0.3, -0.25) is 4.99 Å². The summed E-state index contributed by atoms with van der Waals surface area (Å²) in [4.78, 5) is 17.1. The fourth-order valence-electron chi connectivity index (χ4n) is 1.72. The van der Waals surface area contributed by atoms with Crippen molar-refractivity contribution in [2.75, 3.05) is 19.7 Å². The lowest BCUT2D eigenvalue weighted by Crippen LogP contribution is -2.53. The second-order valence-electron chi connectivity index (χ2n) is 5.75. The highest BCUT2D eigenvalue weighted by Gasteiger charge is 2.33. The number of rotatable bonds is 5. The SMILES string of the molecule is C=N/C=C\C(=C/C)OCC1CN(C(=O)OC(C)(C)C)C1. The summed E-state index contributed by atoms with van der Waals surface area (Å²) in [6, 6.07) is 0. The van der Waals surface area contributed by atoms with Crippen molar-refractivity contribution in [3.05, 3.63) is 24.1 Å². The van der Waals surface area contributed by atoms with E-state index in [1.54, 1.807) is 17.2 Å². The minimum atomic E-state index is -0.445. The second-order valence-corrected chi connectivity index (χ2v) is 5.75. The zero-order chi connectivity index (χ0) is 15.2. The van der Waals surface area contributed by atoms with Crippen LogP contribution in [0.5, 0.6) is 0 Å². The summed E-state index contributed by atoms with van der Waals surface area (Å²) in [6.07, 6.45) is 4.96. The molecule has 0 aromatic carbocycles. The molecule has 112 valence electrons. The van der Waals surface area contributed by atoms with Gasteiger partial charge in [0.05, 0.1) is 6.61 Å². The average Bonchev–Trinajstić information content (AvgIpc) is 2.28. The first-order valence-corrected chi connectivity index (χ1v) is 6.75. The maximum atomic E-state index is 11.7. The predicted molar refractivity (Wildman–Crippen MR) is 79.7 cm³/mol. The van der Waals surface area contributed by atoms with Gasteiger partial charge in [-0.15, -0.1) is 0 Å². The molecular weight excluding hydrogens is 256 g/mol. The molecule has 20 heavy (non-hydrogen) atoms. The van der Waals surface area contributed by atoms with Gasteiger partial charge in [-0.05, 0) is 46.6 Å². The number of hydrogen-bond acceptors (Lipinski definition) is 4. The van der Waals surface area contributed by atoms with Crippen molar-refractivity contribution >= 4 is 12.8 Å². The minimum Gasteiger partial charge on any atom is -0.493 e. The monoisotopic (exact) mass is 280 g/mol. The van der Waals surface area contributed by atoms with E-state index in [4.69, 9.17) is 9.47 Å². The van der Waals surface area contributed by atoms with E-state index in [0.29, 0.717) is 25.6 Å². The summed E-state index contributed by atoms with van der Waals surface area (Å²) in [6.45, 7) is 12.8. The van der Waals surface area contributed by atoms with Crippen molar-refractivity contribution in [1.82, 2.24) is 4.90 Å². The summed E-state index contributed by atoms with van der Waals surface area (Å²) >= 11 is 0. The first kappa shape index (κ1) is 16.3. The van der Waals surface area contributed by atoms with Crippen LogP contribution < -0.4 is 0 Å². The third-order valence-corrected chi connectivity index (χ3v) is 2.72. The van der Waals surface area contributed by atoms with Crippen molar-refractivity contribution in [3.8, 4) is 0 Å². The molecule has 1 rings (SSSR count). The van der Waals surface area contributed by atoms with Crippen molar-refractivity contribution in [2.24, 2.45) is 10.9 Å². The molecule has 0 bridgehead atoms. The molecule has 1 fully saturated rings. The highest BCUT2D eigenvalue weighted by molar-refractivity contribution is 5.69. The summed E-state index contributed by atoms with van der Waals surface area (Å²) in [7, 11) is 0. The Kier molecular flexibility index (Phi) is 5.80. The van der Waals surface area contributed by atoms with Crippen LogP contribution in [0.3, 0.4) is 0 Å². The van der Waals surface area contributed by atoms with Crippen molar-refractivity contribution in [2.45, 2.75) is 33.3 Å². The standard InChI is InChI=1S/C15H24N2O3/c1-6-13(7-8-16-5)19-11-12-9-17(10-12)14(18)20-15(2,3)4/h6-8,12H,5,9-11H2,1-4H3/b8-7-,13-6+. The molecule has 1 saturated heterocycles. The van der Waals surface area contributed by atoms with Crippen molar-refractivity contribution in [1.29, 1.82) is 0 Å². The van der Waals surface area contributed by atoms with Gasteiger partial charge in [0.2, 0.25) is 0 Å². The largest absolute Gasteiger partial charge is 0.493 e. The molecule has 5 nitrogen and oxygen atoms in total. The van der Waals surface area contributed by atoms with E-state index in [9.17, 15) is 4.79 Å². The van der Waals surface area contributed by atoms with Crippen LogP contribution in [-0.4, -0.2) is 43.0 Å². The van der Waals surface area contributed by atoms with Crippen LogP contribution in [0.2, 0.25) is 0 Å². The van der Waals surface area contributed by atoms with E-state index >= 15 is 0 Å². The third-order valence-electron chi connectivity index (χ3n) is 2.72. The number of aliphatic imine (C=N–C) groups is 1. The topological polar surface area (TPSA) is 51.1 Å². The molecule has 5 heteroatoms. The van der Waals surface area contributed by atoms with E-state index in [1.807, 2.05) is 33.8 Å². The molecule has 0 saturated carbocycles. The zero-order valence-corrected chi connectivity index (χ0v) is 12.8. The maximum Gasteiger partial charge on any atom is 0.410 e. The van der Waals surface area contributed by atoms with Gasteiger partial charge in [0, 0.05) is 25.2 Å². The van der Waals surface area contributed by atoms with Gasteiger partial charge in [0.25, 0.3) is 0 Å². The van der Waals surface area contributed by atoms with Gasteiger partial charge < -0.3 is 14.4 Å². The van der Waals surface area contributed by atoms with Crippen LogP contribution in [-0.2, 0) is 9.47 Å². The molecule has 0 atom stereocenters. The molecule has 0 aliphatic carbocycles. The third kappa shape index (κ3) is 5.47. The number of carbonyl (C=O) groups excluding carboxylic acids is 1. The number of ether oxygens (including phenoxy) is 2. The number of hydrogen-bond donors (Lipinski definition) is 0. The lowest BCUT2D eigenvalue weighted by Gasteiger charge is -2.39. The van der Waals surface area contributed by atoms with Crippen molar-refractivity contribution in [3.63, 3.8) is 0 Å². The zero-order valence-electron chi connectivity index (χ0n) is 12.8. The quantitative estimate of drug-likeness (QED) is 0.442. The Bertz CT molecular complexity index is 402. The Morgan fingerprint density at radius 3 is 2.60 bits per heavy atom. The van der Waals surface area contributed by atoms with Crippen LogP contribution in [0, 0.1) is 5.92 Å². The van der Waals surface area contributed by atoms with Crippen LogP contribution in [0.4, 0.5) is 4.79 Å². The average molecular weight is 280 g/mol. The first-order valence-electron chi connectivity index (χ1n) is 6.75. The molecule has 0 unspecified atom stereocenters. The Hall–Kier alpha value is -1.78. The summed E-state index contributed by atoms with van der Waals surface area (Å²) in [5.74, 6) is 1.11. The molecule has 0 aromatic heterocycles. The highest BCUT2D eigenvalue weighted by Crippen LogP contribution is 2.20. The number of allylic oxidation sites excluding steroid dienone is 2. The number of likely N-dealkylation sites (tertiary alicyclic amines) is 1. The van der Waals surface area contributed by atoms with Gasteiger partial charge in [-0.1, -0.05) is 0 Å². The Morgan fingerprint density at radius 1 is 1.45 bits per heavy atom. The van der Waals surface area contributed by atoms with E-state index in [2.05, 4.69) is 11.7 Å². The highest BCUT2D eigenvalue weighted by atomic mass is 16.6. The van der Waals surface area contributed by atoms with Gasteiger partial charge in [-0.25, -0.2) is 4.79 Å². The van der Waals surface area contributed by atoms with Crippen LogP contribution in [0.1, 0.15) is 27.7 Å². The first-order chi connectivity index (χ1) is 9.35. The number of nitrogens with zero attached hydrogens (tertiary/aromatic N) is 2. The smallest absolute Gasteiger partial charge is 0.410 e. The number of carbonyl (C=O) groups is 1. The summed E-state index contributed by atoms with van der Waals surface area (Å²) in [5.41, 5.74) is -0.445. The molecule has 0 aromatic rings. The van der Waals surface area contributed by atoms with Gasteiger partial charge >= 0.3 is 6.09 Å². The predicted octanol–water partition coefficient (Wildman–Crippen LogP) is 2.99. The molecule has 1 aliphatic rings. The number of amides is 1.